The van der Waals surface area contributed by atoms with Gasteiger partial charge in [-0.3, -0.25) is 14.6 Å². The van der Waals surface area contributed by atoms with Gasteiger partial charge in [-0.1, -0.05) is 29.8 Å². The Hall–Kier alpha value is -1.39. The van der Waals surface area contributed by atoms with Crippen LogP contribution in [0.25, 0.3) is 0 Å². The summed E-state index contributed by atoms with van der Waals surface area (Å²) in [6, 6.07) is 9.58. The van der Waals surface area contributed by atoms with Crippen molar-refractivity contribution in [2.45, 2.75) is 58.0 Å². The Bertz CT molecular complexity index is 632. The van der Waals surface area contributed by atoms with Crippen LogP contribution in [0.1, 0.15) is 49.7 Å². The Kier molecular flexibility index (Phi) is 6.14. The van der Waals surface area contributed by atoms with Gasteiger partial charge in [-0.15, -0.1) is 0 Å². The van der Waals surface area contributed by atoms with Crippen molar-refractivity contribution in [1.82, 2.24) is 14.7 Å². The lowest BCUT2D eigenvalue weighted by Gasteiger charge is -2.42. The highest BCUT2D eigenvalue weighted by Crippen LogP contribution is 2.26. The topological polar surface area (TPSA) is 26.8 Å². The second-order valence-electron chi connectivity index (χ2n) is 8.86. The zero-order valence-electron chi connectivity index (χ0n) is 16.9. The van der Waals surface area contributed by atoms with Gasteiger partial charge < -0.3 is 4.90 Å². The van der Waals surface area contributed by atoms with Gasteiger partial charge in [0.15, 0.2) is 0 Å². The third-order valence-corrected chi connectivity index (χ3v) is 6.78. The molecule has 0 radical (unpaired) electrons. The Morgan fingerprint density at radius 2 is 1.78 bits per heavy atom. The number of amides is 1. The molecular formula is C23H35N3O. The Morgan fingerprint density at radius 3 is 2.52 bits per heavy atom. The highest BCUT2D eigenvalue weighted by molar-refractivity contribution is 5.79. The van der Waals surface area contributed by atoms with Crippen molar-refractivity contribution in [3.63, 3.8) is 0 Å². The number of piperidine rings is 2. The normalized spacial score (nSPS) is 25.8. The monoisotopic (exact) mass is 369 g/mol. The first-order chi connectivity index (χ1) is 13.2. The first kappa shape index (κ1) is 18.9. The van der Waals surface area contributed by atoms with Gasteiger partial charge in [0.2, 0.25) is 5.91 Å². The average Bonchev–Trinajstić information content (AvgIpc) is 3.23. The molecule has 148 valence electrons. The Balaban J connectivity index is 1.27. The molecule has 0 aliphatic carbocycles. The summed E-state index contributed by atoms with van der Waals surface area (Å²) in [6.07, 6.45) is 7.17. The van der Waals surface area contributed by atoms with E-state index < -0.39 is 0 Å². The van der Waals surface area contributed by atoms with E-state index in [0.29, 0.717) is 11.9 Å². The highest BCUT2D eigenvalue weighted by Gasteiger charge is 2.34. The van der Waals surface area contributed by atoms with Crippen LogP contribution in [0.5, 0.6) is 0 Å². The molecule has 3 saturated heterocycles. The molecule has 3 aliphatic rings. The second kappa shape index (κ2) is 8.74. The molecule has 4 heteroatoms. The predicted octanol–water partition coefficient (Wildman–Crippen LogP) is 3.29. The molecule has 1 atom stereocenters. The minimum atomic E-state index is 0.252. The van der Waals surface area contributed by atoms with Crippen LogP contribution >= 0.6 is 0 Å². The third kappa shape index (κ3) is 4.72. The van der Waals surface area contributed by atoms with E-state index in [4.69, 9.17) is 0 Å². The Labute approximate surface area is 164 Å². The molecule has 1 aromatic rings. The Morgan fingerprint density at radius 1 is 1.00 bits per heavy atom. The maximum atomic E-state index is 12.8. The lowest BCUT2D eigenvalue weighted by molar-refractivity contribution is -0.136. The van der Waals surface area contributed by atoms with Crippen molar-refractivity contribution in [2.75, 3.05) is 39.3 Å². The maximum Gasteiger partial charge on any atom is 0.226 e. The van der Waals surface area contributed by atoms with Gasteiger partial charge in [0.05, 0.1) is 5.92 Å². The standard InChI is InChI=1S/C23H35N3O/c1-19-6-4-7-20(16-19)17-24-14-9-22(10-15-24)26-13-5-8-21(18-26)23(27)25-11-2-3-12-25/h4,6-7,16,21-22H,2-3,5,8-15,17-18H2,1H3/t21-/m0/s1. The zero-order valence-corrected chi connectivity index (χ0v) is 16.9. The molecule has 0 saturated carbocycles. The van der Waals surface area contributed by atoms with Crippen LogP contribution in [0, 0.1) is 12.8 Å². The van der Waals surface area contributed by atoms with Gasteiger partial charge >= 0.3 is 0 Å². The molecule has 4 nitrogen and oxygen atoms in total. The summed E-state index contributed by atoms with van der Waals surface area (Å²) in [5.41, 5.74) is 2.78. The van der Waals surface area contributed by atoms with Crippen LogP contribution in [0.2, 0.25) is 0 Å². The molecular weight excluding hydrogens is 334 g/mol. The highest BCUT2D eigenvalue weighted by atomic mass is 16.2. The van der Waals surface area contributed by atoms with Gasteiger partial charge in [-0.25, -0.2) is 0 Å². The van der Waals surface area contributed by atoms with Gasteiger partial charge in [-0.05, 0) is 70.6 Å². The van der Waals surface area contributed by atoms with Crippen LogP contribution in [-0.4, -0.2) is 65.9 Å². The summed E-state index contributed by atoms with van der Waals surface area (Å²) >= 11 is 0. The minimum Gasteiger partial charge on any atom is -0.342 e. The maximum absolute atomic E-state index is 12.8. The van der Waals surface area contributed by atoms with Crippen LogP contribution in [-0.2, 0) is 11.3 Å². The lowest BCUT2D eigenvalue weighted by Crippen LogP contribution is -2.51. The number of carbonyl (C=O) groups is 1. The van der Waals surface area contributed by atoms with Crippen molar-refractivity contribution < 1.29 is 4.79 Å². The molecule has 0 N–H and O–H groups in total. The molecule has 0 bridgehead atoms. The van der Waals surface area contributed by atoms with E-state index in [1.54, 1.807) is 0 Å². The largest absolute Gasteiger partial charge is 0.342 e. The van der Waals surface area contributed by atoms with Gasteiger partial charge in [0.25, 0.3) is 0 Å². The van der Waals surface area contributed by atoms with E-state index in [1.807, 2.05) is 0 Å². The SMILES string of the molecule is Cc1cccc(CN2CCC(N3CCC[C@H](C(=O)N4CCCC4)C3)CC2)c1. The molecule has 0 unspecified atom stereocenters. The lowest BCUT2D eigenvalue weighted by atomic mass is 9.93. The van der Waals surface area contributed by atoms with Crippen LogP contribution in [0.15, 0.2) is 24.3 Å². The summed E-state index contributed by atoms with van der Waals surface area (Å²) in [7, 11) is 0. The molecule has 3 aliphatic heterocycles. The third-order valence-electron chi connectivity index (χ3n) is 6.78. The summed E-state index contributed by atoms with van der Waals surface area (Å²) in [4.78, 5) is 20.2. The molecule has 3 fully saturated rings. The summed E-state index contributed by atoms with van der Waals surface area (Å²) in [5.74, 6) is 0.691. The molecule has 4 rings (SSSR count). The fourth-order valence-electron chi connectivity index (χ4n) is 5.25. The summed E-state index contributed by atoms with van der Waals surface area (Å²) in [5, 5.41) is 0. The van der Waals surface area contributed by atoms with Crippen molar-refractivity contribution in [3.05, 3.63) is 35.4 Å². The molecule has 27 heavy (non-hydrogen) atoms. The van der Waals surface area contributed by atoms with Crippen LogP contribution in [0.3, 0.4) is 0 Å². The zero-order chi connectivity index (χ0) is 18.6. The number of likely N-dealkylation sites (tertiary alicyclic amines) is 3. The first-order valence-corrected chi connectivity index (χ1v) is 11.0. The van der Waals surface area contributed by atoms with Gasteiger partial charge in [-0.2, -0.15) is 0 Å². The van der Waals surface area contributed by atoms with Crippen LogP contribution < -0.4 is 0 Å². The smallest absolute Gasteiger partial charge is 0.226 e. The number of nitrogens with zero attached hydrogens (tertiary/aromatic N) is 3. The van der Waals surface area contributed by atoms with E-state index >= 15 is 0 Å². The second-order valence-corrected chi connectivity index (χ2v) is 8.86. The van der Waals surface area contributed by atoms with Crippen LogP contribution in [0.4, 0.5) is 0 Å². The van der Waals surface area contributed by atoms with E-state index in [0.717, 1.165) is 32.6 Å². The molecule has 3 heterocycles. The van der Waals surface area contributed by atoms with E-state index in [1.165, 1.54) is 62.9 Å². The number of hydrogen-bond donors (Lipinski definition) is 0. The molecule has 0 aromatic heterocycles. The number of aryl methyl sites for hydroxylation is 1. The number of benzene rings is 1. The summed E-state index contributed by atoms with van der Waals surface area (Å²) in [6.45, 7) is 9.78. The predicted molar refractivity (Wildman–Crippen MR) is 110 cm³/mol. The van der Waals surface area contributed by atoms with Gasteiger partial charge in [0, 0.05) is 32.2 Å². The quantitative estimate of drug-likeness (QED) is 0.815. The van der Waals surface area contributed by atoms with E-state index in [2.05, 4.69) is 45.9 Å². The van der Waals surface area contributed by atoms with Crippen molar-refractivity contribution in [1.29, 1.82) is 0 Å². The molecule has 0 spiro atoms. The summed E-state index contributed by atoms with van der Waals surface area (Å²) < 4.78 is 0. The fraction of sp³-hybridized carbons (Fsp3) is 0.696. The number of carbonyl (C=O) groups excluding carboxylic acids is 1. The molecule has 1 amide bonds. The van der Waals surface area contributed by atoms with Gasteiger partial charge in [0.1, 0.15) is 0 Å². The molecule has 1 aromatic carbocycles. The number of rotatable bonds is 4. The van der Waals surface area contributed by atoms with Crippen molar-refractivity contribution in [2.24, 2.45) is 5.92 Å². The van der Waals surface area contributed by atoms with Crippen molar-refractivity contribution in [3.8, 4) is 0 Å². The van der Waals surface area contributed by atoms with E-state index in [9.17, 15) is 4.79 Å². The average molecular weight is 370 g/mol. The first-order valence-electron chi connectivity index (χ1n) is 11.0. The number of hydrogen-bond acceptors (Lipinski definition) is 3. The fourth-order valence-corrected chi connectivity index (χ4v) is 5.25. The van der Waals surface area contributed by atoms with Crippen molar-refractivity contribution >= 4 is 5.91 Å². The van der Waals surface area contributed by atoms with E-state index in [-0.39, 0.29) is 5.92 Å². The minimum absolute atomic E-state index is 0.252.